The second-order valence-corrected chi connectivity index (χ2v) is 7.04. The summed E-state index contributed by atoms with van der Waals surface area (Å²) in [6.45, 7) is 3.80. The van der Waals surface area contributed by atoms with Crippen molar-refractivity contribution in [2.24, 2.45) is 5.92 Å². The van der Waals surface area contributed by atoms with Crippen molar-refractivity contribution < 1.29 is 23.9 Å². The number of benzene rings is 1. The van der Waals surface area contributed by atoms with Gasteiger partial charge in [0.05, 0.1) is 13.7 Å². The summed E-state index contributed by atoms with van der Waals surface area (Å²) in [5.74, 6) is 0.187. The lowest BCUT2D eigenvalue weighted by atomic mass is 9.88. The number of amides is 3. The first-order valence-corrected chi connectivity index (χ1v) is 9.99. The number of piperidine rings is 1. The van der Waals surface area contributed by atoms with Crippen LogP contribution in [0.25, 0.3) is 0 Å². The van der Waals surface area contributed by atoms with Crippen LogP contribution < -0.4 is 15.4 Å². The molecule has 1 atom stereocenters. The van der Waals surface area contributed by atoms with Crippen molar-refractivity contribution in [2.45, 2.75) is 32.2 Å². The Labute approximate surface area is 171 Å². The molecular formula is C21H31N3O5. The predicted octanol–water partition coefficient (Wildman–Crippen LogP) is 1.20. The minimum atomic E-state index is -0.666. The monoisotopic (exact) mass is 405 g/mol. The van der Waals surface area contributed by atoms with Crippen molar-refractivity contribution in [3.63, 3.8) is 0 Å². The molecule has 2 N–H and O–H groups in total. The Morgan fingerprint density at radius 2 is 1.79 bits per heavy atom. The molecule has 1 aliphatic rings. The Hall–Kier alpha value is -2.61. The maximum atomic E-state index is 12.8. The summed E-state index contributed by atoms with van der Waals surface area (Å²) < 4.78 is 10.1. The van der Waals surface area contributed by atoms with Crippen LogP contribution in [0, 0.1) is 5.92 Å². The second-order valence-electron chi connectivity index (χ2n) is 7.04. The molecule has 1 unspecified atom stereocenters. The molecule has 1 aromatic carbocycles. The van der Waals surface area contributed by atoms with Crippen molar-refractivity contribution >= 4 is 17.7 Å². The fourth-order valence-corrected chi connectivity index (χ4v) is 3.46. The molecule has 8 nitrogen and oxygen atoms in total. The highest BCUT2D eigenvalue weighted by Gasteiger charge is 2.33. The van der Waals surface area contributed by atoms with Crippen molar-refractivity contribution in [3.8, 4) is 5.75 Å². The normalized spacial score (nSPS) is 15.5. The maximum Gasteiger partial charge on any atom is 0.251 e. The van der Waals surface area contributed by atoms with Gasteiger partial charge in [-0.05, 0) is 43.0 Å². The summed E-state index contributed by atoms with van der Waals surface area (Å²) in [7, 11) is 3.13. The number of nitrogens with one attached hydrogen (secondary N) is 2. The van der Waals surface area contributed by atoms with Crippen LogP contribution in [0.5, 0.6) is 5.75 Å². The molecule has 1 saturated heterocycles. The van der Waals surface area contributed by atoms with E-state index in [1.165, 1.54) is 0 Å². The van der Waals surface area contributed by atoms with Crippen molar-refractivity contribution in [2.75, 3.05) is 40.5 Å². The van der Waals surface area contributed by atoms with Gasteiger partial charge in [0.2, 0.25) is 11.8 Å². The average Bonchev–Trinajstić information content (AvgIpc) is 2.77. The van der Waals surface area contributed by atoms with E-state index in [2.05, 4.69) is 10.6 Å². The van der Waals surface area contributed by atoms with Crippen LogP contribution in [0.2, 0.25) is 0 Å². The summed E-state index contributed by atoms with van der Waals surface area (Å²) >= 11 is 0. The number of rotatable bonds is 9. The third kappa shape index (κ3) is 6.45. The number of likely N-dealkylation sites (tertiary alicyclic amines) is 1. The summed E-state index contributed by atoms with van der Waals surface area (Å²) in [6, 6.07) is 6.07. The Morgan fingerprint density at radius 3 is 2.34 bits per heavy atom. The fraction of sp³-hybridized carbons (Fsp3) is 0.571. The van der Waals surface area contributed by atoms with Gasteiger partial charge in [-0.1, -0.05) is 6.92 Å². The zero-order valence-electron chi connectivity index (χ0n) is 17.4. The Kier molecular flexibility index (Phi) is 8.92. The number of methoxy groups -OCH3 is 2. The van der Waals surface area contributed by atoms with Gasteiger partial charge in [-0.25, -0.2) is 0 Å². The molecule has 0 spiro atoms. The van der Waals surface area contributed by atoms with Gasteiger partial charge < -0.3 is 25.0 Å². The number of hydrogen-bond donors (Lipinski definition) is 2. The lowest BCUT2D eigenvalue weighted by Gasteiger charge is -2.35. The molecule has 0 saturated carbocycles. The quantitative estimate of drug-likeness (QED) is 0.602. The molecule has 0 bridgehead atoms. The molecule has 0 radical (unpaired) electrons. The number of hydrogen-bond acceptors (Lipinski definition) is 5. The lowest BCUT2D eigenvalue weighted by molar-refractivity contribution is -0.132. The summed E-state index contributed by atoms with van der Waals surface area (Å²) in [6.07, 6.45) is 1.80. The summed E-state index contributed by atoms with van der Waals surface area (Å²) in [4.78, 5) is 39.2. The van der Waals surface area contributed by atoms with E-state index in [-0.39, 0.29) is 23.6 Å². The van der Waals surface area contributed by atoms with Gasteiger partial charge in [-0.15, -0.1) is 0 Å². The molecule has 0 aromatic heterocycles. The van der Waals surface area contributed by atoms with Crippen LogP contribution in [0.1, 0.15) is 36.5 Å². The van der Waals surface area contributed by atoms with Crippen LogP contribution in [0.3, 0.4) is 0 Å². The Bertz CT molecular complexity index is 684. The van der Waals surface area contributed by atoms with Crippen LogP contribution in [0.4, 0.5) is 0 Å². The molecule has 3 amide bonds. The van der Waals surface area contributed by atoms with Crippen LogP contribution in [-0.2, 0) is 14.3 Å². The average molecular weight is 405 g/mol. The molecule has 2 rings (SSSR count). The molecule has 160 valence electrons. The molecule has 1 aliphatic heterocycles. The first kappa shape index (κ1) is 22.7. The van der Waals surface area contributed by atoms with E-state index in [4.69, 9.17) is 9.47 Å². The van der Waals surface area contributed by atoms with Crippen molar-refractivity contribution in [1.82, 2.24) is 15.5 Å². The summed E-state index contributed by atoms with van der Waals surface area (Å²) in [5, 5.41) is 5.71. The first-order valence-electron chi connectivity index (χ1n) is 9.99. The highest BCUT2D eigenvalue weighted by molar-refractivity contribution is 5.97. The molecule has 1 heterocycles. The van der Waals surface area contributed by atoms with Crippen LogP contribution in [0.15, 0.2) is 24.3 Å². The van der Waals surface area contributed by atoms with Gasteiger partial charge >= 0.3 is 0 Å². The minimum absolute atomic E-state index is 0.0411. The lowest BCUT2D eigenvalue weighted by Crippen LogP contribution is -2.54. The van der Waals surface area contributed by atoms with Gasteiger partial charge in [0, 0.05) is 38.7 Å². The van der Waals surface area contributed by atoms with Gasteiger partial charge in [0.1, 0.15) is 11.8 Å². The maximum absolute atomic E-state index is 12.8. The SMILES string of the molecule is CCC(=O)N1CCC(C(NC(=O)c2ccc(OC)cc2)C(=O)NCCOC)CC1. The Balaban J connectivity index is 2.07. The van der Waals surface area contributed by atoms with Crippen LogP contribution >= 0.6 is 0 Å². The topological polar surface area (TPSA) is 97.0 Å². The first-order chi connectivity index (χ1) is 14.0. The zero-order chi connectivity index (χ0) is 21.2. The van der Waals surface area contributed by atoms with E-state index in [0.717, 1.165) is 0 Å². The molecule has 1 aromatic rings. The minimum Gasteiger partial charge on any atom is -0.497 e. The van der Waals surface area contributed by atoms with E-state index in [1.54, 1.807) is 38.5 Å². The van der Waals surface area contributed by atoms with Gasteiger partial charge in [-0.2, -0.15) is 0 Å². The molecule has 29 heavy (non-hydrogen) atoms. The number of carbonyl (C=O) groups is 3. The van der Waals surface area contributed by atoms with Crippen molar-refractivity contribution in [3.05, 3.63) is 29.8 Å². The molecular weight excluding hydrogens is 374 g/mol. The van der Waals surface area contributed by atoms with E-state index in [0.29, 0.717) is 56.8 Å². The van der Waals surface area contributed by atoms with Crippen molar-refractivity contribution in [1.29, 1.82) is 0 Å². The number of ether oxygens (including phenoxy) is 2. The Morgan fingerprint density at radius 1 is 1.14 bits per heavy atom. The predicted molar refractivity (Wildman–Crippen MR) is 109 cm³/mol. The van der Waals surface area contributed by atoms with E-state index < -0.39 is 6.04 Å². The standard InChI is InChI=1S/C21H31N3O5/c1-4-18(25)24-12-9-15(10-13-24)19(21(27)22-11-14-28-2)23-20(26)16-5-7-17(29-3)8-6-16/h5-8,15,19H,4,9-14H2,1-3H3,(H,22,27)(H,23,26). The van der Waals surface area contributed by atoms with Gasteiger partial charge in [0.25, 0.3) is 5.91 Å². The number of carbonyl (C=O) groups excluding carboxylic acids is 3. The second kappa shape index (κ2) is 11.4. The van der Waals surface area contributed by atoms with Gasteiger partial charge in [0.15, 0.2) is 0 Å². The van der Waals surface area contributed by atoms with E-state index in [9.17, 15) is 14.4 Å². The van der Waals surface area contributed by atoms with Gasteiger partial charge in [-0.3, -0.25) is 14.4 Å². The summed E-state index contributed by atoms with van der Waals surface area (Å²) in [5.41, 5.74) is 0.457. The number of nitrogens with zero attached hydrogens (tertiary/aromatic N) is 1. The molecule has 8 heteroatoms. The largest absolute Gasteiger partial charge is 0.497 e. The highest BCUT2D eigenvalue weighted by Crippen LogP contribution is 2.22. The molecule has 0 aliphatic carbocycles. The van der Waals surface area contributed by atoms with Crippen LogP contribution in [-0.4, -0.2) is 69.1 Å². The zero-order valence-corrected chi connectivity index (χ0v) is 17.4. The van der Waals surface area contributed by atoms with E-state index >= 15 is 0 Å². The van der Waals surface area contributed by atoms with E-state index in [1.807, 2.05) is 11.8 Å². The fourth-order valence-electron chi connectivity index (χ4n) is 3.46. The third-order valence-electron chi connectivity index (χ3n) is 5.19. The smallest absolute Gasteiger partial charge is 0.251 e. The molecule has 1 fully saturated rings. The highest BCUT2D eigenvalue weighted by atomic mass is 16.5. The third-order valence-corrected chi connectivity index (χ3v) is 5.19.